The number of allylic oxidation sites excluding steroid dienone is 2. The summed E-state index contributed by atoms with van der Waals surface area (Å²) in [5.74, 6) is 0. The molecule has 0 heterocycles. The SMILES string of the molecule is C[N+](C)(C)CCCOP(=O)(O)OCCCCC=C1CCCCCCCCCCCCCC1. The Bertz CT molecular complexity index is 512. The zero-order valence-electron chi connectivity index (χ0n) is 21.5. The van der Waals surface area contributed by atoms with Crippen molar-refractivity contribution in [3.63, 3.8) is 0 Å². The van der Waals surface area contributed by atoms with E-state index in [-0.39, 0.29) is 13.2 Å². The van der Waals surface area contributed by atoms with Gasteiger partial charge in [-0.3, -0.25) is 9.05 Å². The second kappa shape index (κ2) is 18.2. The van der Waals surface area contributed by atoms with Crippen molar-refractivity contribution < 1.29 is 23.0 Å². The minimum absolute atomic E-state index is 0.259. The number of quaternary nitrogens is 1. The summed E-state index contributed by atoms with van der Waals surface area (Å²) in [6, 6.07) is 0. The fourth-order valence-corrected chi connectivity index (χ4v) is 5.08. The molecule has 0 radical (unpaired) electrons. The van der Waals surface area contributed by atoms with Gasteiger partial charge in [0.25, 0.3) is 0 Å². The lowest BCUT2D eigenvalue weighted by molar-refractivity contribution is -0.870. The van der Waals surface area contributed by atoms with Crippen LogP contribution in [0.4, 0.5) is 0 Å². The van der Waals surface area contributed by atoms with Gasteiger partial charge in [-0.25, -0.2) is 4.57 Å². The number of hydrogen-bond acceptors (Lipinski definition) is 3. The zero-order valence-corrected chi connectivity index (χ0v) is 22.4. The Hall–Kier alpha value is -0.190. The maximum absolute atomic E-state index is 12.0. The smallest absolute Gasteiger partial charge is 0.331 e. The minimum Gasteiger partial charge on any atom is -0.331 e. The van der Waals surface area contributed by atoms with Crippen molar-refractivity contribution in [1.29, 1.82) is 0 Å². The molecular formula is C26H53NO4P+. The maximum Gasteiger partial charge on any atom is 0.472 e. The summed E-state index contributed by atoms with van der Waals surface area (Å²) < 4.78 is 23.0. The first-order valence-corrected chi connectivity index (χ1v) is 14.9. The molecule has 1 aliphatic carbocycles. The molecule has 0 aromatic rings. The quantitative estimate of drug-likeness (QED) is 0.144. The van der Waals surface area contributed by atoms with E-state index in [4.69, 9.17) is 9.05 Å². The summed E-state index contributed by atoms with van der Waals surface area (Å²) in [4.78, 5) is 9.80. The average Bonchev–Trinajstić information content (AvgIpc) is 2.73. The van der Waals surface area contributed by atoms with Gasteiger partial charge in [0.2, 0.25) is 0 Å². The van der Waals surface area contributed by atoms with Crippen LogP contribution in [-0.4, -0.2) is 50.3 Å². The lowest BCUT2D eigenvalue weighted by Crippen LogP contribution is -2.35. The van der Waals surface area contributed by atoms with Gasteiger partial charge in [-0.2, -0.15) is 0 Å². The van der Waals surface area contributed by atoms with E-state index < -0.39 is 7.82 Å². The van der Waals surface area contributed by atoms with E-state index in [9.17, 15) is 9.46 Å². The van der Waals surface area contributed by atoms with Gasteiger partial charge < -0.3 is 9.38 Å². The van der Waals surface area contributed by atoms with E-state index in [1.807, 2.05) is 0 Å². The van der Waals surface area contributed by atoms with Crippen LogP contribution in [-0.2, 0) is 13.6 Å². The Balaban J connectivity index is 2.22. The standard InChI is InChI=1S/C26H52NO4P/c1-27(2,3)23-19-25-31-32(28,29)30-24-18-14-17-22-26-20-15-12-10-8-6-4-5-7-9-11-13-16-21-26/h22H,4-21,23-25H2,1-3H3/p+1. The minimum atomic E-state index is -3.91. The molecule has 0 amide bonds. The van der Waals surface area contributed by atoms with E-state index >= 15 is 0 Å². The Labute approximate surface area is 199 Å². The van der Waals surface area contributed by atoms with Crippen LogP contribution in [0.1, 0.15) is 116 Å². The van der Waals surface area contributed by atoms with E-state index in [1.54, 1.807) is 5.57 Å². The molecule has 32 heavy (non-hydrogen) atoms. The van der Waals surface area contributed by atoms with Crippen LogP contribution in [0.25, 0.3) is 0 Å². The van der Waals surface area contributed by atoms with Gasteiger partial charge in [0.1, 0.15) is 0 Å². The van der Waals surface area contributed by atoms with Crippen molar-refractivity contribution in [3.05, 3.63) is 11.6 Å². The molecule has 1 atom stereocenters. The third-order valence-electron chi connectivity index (χ3n) is 6.26. The van der Waals surface area contributed by atoms with Gasteiger partial charge in [-0.1, -0.05) is 75.9 Å². The predicted molar refractivity (Wildman–Crippen MR) is 136 cm³/mol. The highest BCUT2D eigenvalue weighted by Crippen LogP contribution is 2.43. The monoisotopic (exact) mass is 474 g/mol. The van der Waals surface area contributed by atoms with Crippen molar-refractivity contribution in [3.8, 4) is 0 Å². The van der Waals surface area contributed by atoms with Crippen molar-refractivity contribution in [2.75, 3.05) is 40.9 Å². The summed E-state index contributed by atoms with van der Waals surface area (Å²) in [5, 5.41) is 0. The third-order valence-corrected chi connectivity index (χ3v) is 7.28. The zero-order chi connectivity index (χ0) is 23.5. The average molecular weight is 475 g/mol. The van der Waals surface area contributed by atoms with E-state index in [1.165, 1.54) is 89.9 Å². The van der Waals surface area contributed by atoms with Crippen LogP contribution >= 0.6 is 7.82 Å². The molecule has 190 valence electrons. The van der Waals surface area contributed by atoms with Crippen molar-refractivity contribution in [1.82, 2.24) is 0 Å². The molecule has 1 rings (SSSR count). The normalized spacial score (nSPS) is 20.2. The first kappa shape index (κ1) is 29.8. The van der Waals surface area contributed by atoms with E-state index in [2.05, 4.69) is 27.2 Å². The molecule has 0 spiro atoms. The highest BCUT2D eigenvalue weighted by molar-refractivity contribution is 7.47. The Morgan fingerprint density at radius 1 is 0.750 bits per heavy atom. The van der Waals surface area contributed by atoms with Crippen molar-refractivity contribution in [2.24, 2.45) is 0 Å². The summed E-state index contributed by atoms with van der Waals surface area (Å²) >= 11 is 0. The van der Waals surface area contributed by atoms with Crippen LogP contribution in [0.15, 0.2) is 11.6 Å². The van der Waals surface area contributed by atoms with Crippen LogP contribution in [0.3, 0.4) is 0 Å². The lowest BCUT2D eigenvalue weighted by Gasteiger charge is -2.23. The number of phosphoric acid groups is 1. The topological polar surface area (TPSA) is 55.8 Å². The van der Waals surface area contributed by atoms with Gasteiger partial charge in [0, 0.05) is 6.42 Å². The predicted octanol–water partition coefficient (Wildman–Crippen LogP) is 7.79. The first-order chi connectivity index (χ1) is 15.3. The van der Waals surface area contributed by atoms with E-state index in [0.29, 0.717) is 0 Å². The second-order valence-electron chi connectivity index (χ2n) is 10.6. The number of unbranched alkanes of at least 4 members (excludes halogenated alkanes) is 2. The van der Waals surface area contributed by atoms with Crippen molar-refractivity contribution in [2.45, 2.75) is 116 Å². The second-order valence-corrected chi connectivity index (χ2v) is 12.1. The van der Waals surface area contributed by atoms with Gasteiger partial charge in [0.05, 0.1) is 40.9 Å². The molecule has 1 aliphatic rings. The van der Waals surface area contributed by atoms with Gasteiger partial charge in [-0.05, 0) is 44.9 Å². The molecule has 1 saturated carbocycles. The largest absolute Gasteiger partial charge is 0.472 e. The molecule has 0 aliphatic heterocycles. The summed E-state index contributed by atoms with van der Waals surface area (Å²) in [6.07, 6.45) is 25.2. The molecule has 1 fully saturated rings. The molecular weight excluding hydrogens is 421 g/mol. The van der Waals surface area contributed by atoms with Crippen molar-refractivity contribution >= 4 is 7.82 Å². The summed E-state index contributed by atoms with van der Waals surface area (Å²) in [5.41, 5.74) is 1.63. The molecule has 0 saturated heterocycles. The van der Waals surface area contributed by atoms with E-state index in [0.717, 1.165) is 36.7 Å². The Kier molecular flexibility index (Phi) is 17.0. The molecule has 1 N–H and O–H groups in total. The van der Waals surface area contributed by atoms with Crippen LogP contribution in [0.2, 0.25) is 0 Å². The molecule has 0 bridgehead atoms. The molecule has 6 heteroatoms. The van der Waals surface area contributed by atoms with Gasteiger partial charge >= 0.3 is 7.82 Å². The molecule has 1 unspecified atom stereocenters. The number of nitrogens with zero attached hydrogens (tertiary/aromatic N) is 1. The number of rotatable bonds is 11. The van der Waals surface area contributed by atoms with Crippen LogP contribution < -0.4 is 0 Å². The van der Waals surface area contributed by atoms with Gasteiger partial charge in [0.15, 0.2) is 0 Å². The molecule has 0 aromatic heterocycles. The summed E-state index contributed by atoms with van der Waals surface area (Å²) in [7, 11) is 2.37. The number of hydrogen-bond donors (Lipinski definition) is 1. The Morgan fingerprint density at radius 3 is 1.66 bits per heavy atom. The molecule has 5 nitrogen and oxygen atoms in total. The number of phosphoric ester groups is 1. The van der Waals surface area contributed by atoms with Gasteiger partial charge in [-0.15, -0.1) is 0 Å². The first-order valence-electron chi connectivity index (χ1n) is 13.4. The van der Waals surface area contributed by atoms with Crippen LogP contribution in [0, 0.1) is 0 Å². The summed E-state index contributed by atoms with van der Waals surface area (Å²) in [6.45, 7) is 1.44. The fraction of sp³-hybridized carbons (Fsp3) is 0.923. The lowest BCUT2D eigenvalue weighted by atomic mass is 9.98. The van der Waals surface area contributed by atoms with Crippen LogP contribution in [0.5, 0.6) is 0 Å². The molecule has 0 aromatic carbocycles. The fourth-order valence-electron chi connectivity index (χ4n) is 4.29. The highest BCUT2D eigenvalue weighted by atomic mass is 31.2. The third kappa shape index (κ3) is 19.3. The maximum atomic E-state index is 12.0. The Morgan fingerprint density at radius 2 is 1.19 bits per heavy atom. The highest BCUT2D eigenvalue weighted by Gasteiger charge is 2.20.